The van der Waals surface area contributed by atoms with Crippen molar-refractivity contribution < 1.29 is 9.90 Å². The number of para-hydroxylation sites is 1. The molecule has 104 valence electrons. The normalized spacial score (nSPS) is 22.4. The summed E-state index contributed by atoms with van der Waals surface area (Å²) >= 11 is 0. The molecule has 0 saturated carbocycles. The second kappa shape index (κ2) is 4.56. The Morgan fingerprint density at radius 3 is 2.85 bits per heavy atom. The van der Waals surface area contributed by atoms with Gasteiger partial charge in [-0.2, -0.15) is 0 Å². The Bertz CT molecular complexity index is 679. The summed E-state index contributed by atoms with van der Waals surface area (Å²) in [6.45, 7) is 4.66. The second-order valence-corrected chi connectivity index (χ2v) is 5.80. The minimum atomic E-state index is -0.770. The third kappa shape index (κ3) is 2.27. The van der Waals surface area contributed by atoms with E-state index in [1.54, 1.807) is 11.8 Å². The minimum absolute atomic E-state index is 0.0236. The number of likely N-dealkylation sites (tertiary alicyclic amines) is 1. The van der Waals surface area contributed by atoms with E-state index >= 15 is 0 Å². The van der Waals surface area contributed by atoms with E-state index in [1.165, 1.54) is 0 Å². The molecule has 1 amide bonds. The summed E-state index contributed by atoms with van der Waals surface area (Å²) in [7, 11) is 0. The quantitative estimate of drug-likeness (QED) is 0.863. The summed E-state index contributed by atoms with van der Waals surface area (Å²) < 4.78 is 0. The number of aryl methyl sites for hydroxylation is 1. The number of hydrogen-bond acceptors (Lipinski definition) is 3. The maximum Gasteiger partial charge on any atom is 0.254 e. The highest BCUT2D eigenvalue weighted by Gasteiger charge is 2.34. The smallest absolute Gasteiger partial charge is 0.254 e. The molecule has 2 aromatic rings. The molecule has 4 nitrogen and oxygen atoms in total. The van der Waals surface area contributed by atoms with Crippen LogP contribution in [0.15, 0.2) is 30.3 Å². The van der Waals surface area contributed by atoms with Gasteiger partial charge >= 0.3 is 0 Å². The largest absolute Gasteiger partial charge is 0.388 e. The lowest BCUT2D eigenvalue weighted by Gasteiger charge is -2.20. The van der Waals surface area contributed by atoms with Gasteiger partial charge in [-0.15, -0.1) is 0 Å². The lowest BCUT2D eigenvalue weighted by atomic mass is 10.1. The summed E-state index contributed by atoms with van der Waals surface area (Å²) in [5.74, 6) is -0.0236. The Balaban J connectivity index is 2.04. The van der Waals surface area contributed by atoms with Gasteiger partial charge in [-0.1, -0.05) is 18.2 Å². The maximum atomic E-state index is 12.7. The molecule has 3 rings (SSSR count). The van der Waals surface area contributed by atoms with Crippen LogP contribution in [0, 0.1) is 6.92 Å². The van der Waals surface area contributed by atoms with Crippen LogP contribution in [-0.2, 0) is 0 Å². The van der Waals surface area contributed by atoms with E-state index < -0.39 is 5.60 Å². The molecule has 1 fully saturated rings. The zero-order chi connectivity index (χ0) is 14.3. The van der Waals surface area contributed by atoms with Crippen LogP contribution in [0.3, 0.4) is 0 Å². The third-order valence-electron chi connectivity index (χ3n) is 3.81. The molecule has 20 heavy (non-hydrogen) atoms. The van der Waals surface area contributed by atoms with E-state index in [9.17, 15) is 9.90 Å². The molecular formula is C16H18N2O2. The first-order chi connectivity index (χ1) is 9.46. The van der Waals surface area contributed by atoms with Crippen molar-refractivity contribution in [2.45, 2.75) is 25.9 Å². The summed E-state index contributed by atoms with van der Waals surface area (Å²) in [6, 6.07) is 9.50. The van der Waals surface area contributed by atoms with Crippen molar-refractivity contribution in [2.75, 3.05) is 13.1 Å². The molecule has 1 atom stereocenters. The zero-order valence-electron chi connectivity index (χ0n) is 11.8. The maximum absolute atomic E-state index is 12.7. The Hall–Kier alpha value is -1.94. The van der Waals surface area contributed by atoms with Crippen LogP contribution in [0.25, 0.3) is 10.9 Å². The molecule has 1 aliphatic heterocycles. The van der Waals surface area contributed by atoms with Gasteiger partial charge in [0.1, 0.15) is 0 Å². The highest BCUT2D eigenvalue weighted by atomic mass is 16.3. The van der Waals surface area contributed by atoms with E-state index in [1.807, 2.05) is 37.3 Å². The molecule has 4 heteroatoms. The number of amides is 1. The standard InChI is InChI=1S/C16H18N2O2/c1-11-9-13(12-5-3-4-6-14(12)17-11)15(19)18-8-7-16(2,20)10-18/h3-6,9,20H,7-8,10H2,1-2H3. The molecule has 1 unspecified atom stereocenters. The predicted molar refractivity (Wildman–Crippen MR) is 77.6 cm³/mol. The molecule has 0 bridgehead atoms. The molecule has 1 aliphatic rings. The predicted octanol–water partition coefficient (Wildman–Crippen LogP) is 2.14. The van der Waals surface area contributed by atoms with Gasteiger partial charge in [-0.05, 0) is 32.4 Å². The number of rotatable bonds is 1. The van der Waals surface area contributed by atoms with E-state index in [0.717, 1.165) is 16.6 Å². The van der Waals surface area contributed by atoms with Crippen molar-refractivity contribution >= 4 is 16.8 Å². The number of carbonyl (C=O) groups excluding carboxylic acids is 1. The average Bonchev–Trinajstić information content (AvgIpc) is 2.77. The van der Waals surface area contributed by atoms with E-state index in [4.69, 9.17) is 0 Å². The fourth-order valence-electron chi connectivity index (χ4n) is 2.77. The van der Waals surface area contributed by atoms with Crippen LogP contribution in [0.2, 0.25) is 0 Å². The van der Waals surface area contributed by atoms with Crippen molar-refractivity contribution in [3.8, 4) is 0 Å². The molecule has 0 radical (unpaired) electrons. The number of aromatic nitrogens is 1. The van der Waals surface area contributed by atoms with Gasteiger partial charge in [0, 0.05) is 24.2 Å². The topological polar surface area (TPSA) is 53.4 Å². The Kier molecular flexibility index (Phi) is 2.98. The van der Waals surface area contributed by atoms with Crippen LogP contribution in [-0.4, -0.2) is 39.6 Å². The van der Waals surface area contributed by atoms with E-state index in [-0.39, 0.29) is 5.91 Å². The third-order valence-corrected chi connectivity index (χ3v) is 3.81. The lowest BCUT2D eigenvalue weighted by Crippen LogP contribution is -2.34. The number of β-amino-alcohol motifs (C(OH)–C–C–N with tert-alkyl or cyclic N) is 1. The first-order valence-corrected chi connectivity index (χ1v) is 6.84. The first-order valence-electron chi connectivity index (χ1n) is 6.84. The van der Waals surface area contributed by atoms with Crippen LogP contribution in [0.4, 0.5) is 0 Å². The van der Waals surface area contributed by atoms with Crippen LogP contribution in [0.1, 0.15) is 29.4 Å². The van der Waals surface area contributed by atoms with Gasteiger partial charge in [-0.25, -0.2) is 0 Å². The number of nitrogens with zero attached hydrogens (tertiary/aromatic N) is 2. The molecule has 1 aromatic heterocycles. The first kappa shape index (κ1) is 13.1. The van der Waals surface area contributed by atoms with Crippen LogP contribution in [0.5, 0.6) is 0 Å². The van der Waals surface area contributed by atoms with E-state index in [2.05, 4.69) is 4.98 Å². The Morgan fingerprint density at radius 1 is 1.40 bits per heavy atom. The summed E-state index contributed by atoms with van der Waals surface area (Å²) in [5, 5.41) is 10.9. The number of hydrogen-bond donors (Lipinski definition) is 1. The fourth-order valence-corrected chi connectivity index (χ4v) is 2.77. The van der Waals surface area contributed by atoms with Gasteiger partial charge < -0.3 is 10.0 Å². The van der Waals surface area contributed by atoms with Crippen LogP contribution >= 0.6 is 0 Å². The Morgan fingerprint density at radius 2 is 2.15 bits per heavy atom. The second-order valence-electron chi connectivity index (χ2n) is 5.80. The highest BCUT2D eigenvalue weighted by molar-refractivity contribution is 6.06. The molecule has 2 heterocycles. The zero-order valence-corrected chi connectivity index (χ0v) is 11.8. The van der Waals surface area contributed by atoms with Gasteiger partial charge in [-0.3, -0.25) is 9.78 Å². The number of pyridine rings is 1. The lowest BCUT2D eigenvalue weighted by molar-refractivity contribution is 0.0573. The van der Waals surface area contributed by atoms with Gasteiger partial charge in [0.15, 0.2) is 0 Å². The number of fused-ring (bicyclic) bond motifs is 1. The molecule has 0 aliphatic carbocycles. The fraction of sp³-hybridized carbons (Fsp3) is 0.375. The summed E-state index contributed by atoms with van der Waals surface area (Å²) in [6.07, 6.45) is 0.626. The number of aliphatic hydroxyl groups is 1. The van der Waals surface area contributed by atoms with Crippen LogP contribution < -0.4 is 0 Å². The van der Waals surface area contributed by atoms with E-state index in [0.29, 0.717) is 25.1 Å². The van der Waals surface area contributed by atoms with Gasteiger partial charge in [0.2, 0.25) is 0 Å². The molecular weight excluding hydrogens is 252 g/mol. The number of carbonyl (C=O) groups is 1. The van der Waals surface area contributed by atoms with Crippen molar-refractivity contribution in [2.24, 2.45) is 0 Å². The average molecular weight is 270 g/mol. The molecule has 1 saturated heterocycles. The van der Waals surface area contributed by atoms with Crippen molar-refractivity contribution in [3.05, 3.63) is 41.6 Å². The molecule has 1 N–H and O–H groups in total. The Labute approximate surface area is 118 Å². The van der Waals surface area contributed by atoms with Gasteiger partial charge in [0.05, 0.1) is 16.7 Å². The van der Waals surface area contributed by atoms with Crippen molar-refractivity contribution in [1.29, 1.82) is 0 Å². The monoisotopic (exact) mass is 270 g/mol. The summed E-state index contributed by atoms with van der Waals surface area (Å²) in [5.41, 5.74) is 1.57. The van der Waals surface area contributed by atoms with Crippen molar-refractivity contribution in [3.63, 3.8) is 0 Å². The van der Waals surface area contributed by atoms with Crippen molar-refractivity contribution in [1.82, 2.24) is 9.88 Å². The van der Waals surface area contributed by atoms with Gasteiger partial charge in [0.25, 0.3) is 5.91 Å². The molecule has 0 spiro atoms. The highest BCUT2D eigenvalue weighted by Crippen LogP contribution is 2.25. The SMILES string of the molecule is Cc1cc(C(=O)N2CCC(C)(O)C2)c2ccccc2n1. The molecule has 1 aromatic carbocycles. The minimum Gasteiger partial charge on any atom is -0.388 e. The summed E-state index contributed by atoms with van der Waals surface area (Å²) in [4.78, 5) is 18.9. The number of benzene rings is 1.